The molecule has 2 N–H and O–H groups in total. The summed E-state index contributed by atoms with van der Waals surface area (Å²) in [6.07, 6.45) is 2.56. The first kappa shape index (κ1) is 12.9. The highest BCUT2D eigenvalue weighted by Crippen LogP contribution is 2.31. The minimum atomic E-state index is -0.792. The minimum absolute atomic E-state index is 0.0856. The molecule has 6 heteroatoms. The van der Waals surface area contributed by atoms with Gasteiger partial charge in [-0.15, -0.1) is 0 Å². The van der Waals surface area contributed by atoms with Crippen molar-refractivity contribution in [2.24, 2.45) is 0 Å². The Morgan fingerprint density at radius 1 is 1.67 bits per heavy atom. The van der Waals surface area contributed by atoms with Gasteiger partial charge in [0.15, 0.2) is 0 Å². The molecule has 1 aliphatic rings. The molecule has 0 aliphatic carbocycles. The second kappa shape index (κ2) is 5.39. The monoisotopic (exact) mass is 254 g/mol. The Morgan fingerprint density at radius 2 is 2.44 bits per heavy atom. The molecular weight excluding hydrogens is 236 g/mol. The van der Waals surface area contributed by atoms with Crippen molar-refractivity contribution < 1.29 is 14.4 Å². The van der Waals surface area contributed by atoms with Gasteiger partial charge in [0.05, 0.1) is 6.54 Å². The smallest absolute Gasteiger partial charge is 0.317 e. The lowest BCUT2D eigenvalue weighted by molar-refractivity contribution is -0.139. The normalized spacial score (nSPS) is 25.2. The predicted molar refractivity (Wildman–Crippen MR) is 64.6 cm³/mol. The molecule has 6 nitrogen and oxygen atoms in total. The number of nitrogens with one attached hydrogen (secondary N) is 1. The van der Waals surface area contributed by atoms with Gasteiger partial charge in [-0.1, -0.05) is 6.92 Å². The number of aliphatic carboxylic acids is 1. The highest BCUT2D eigenvalue weighted by molar-refractivity contribution is 5.69. The van der Waals surface area contributed by atoms with Gasteiger partial charge in [0, 0.05) is 18.0 Å². The van der Waals surface area contributed by atoms with Gasteiger partial charge >= 0.3 is 5.97 Å². The Bertz CT molecular complexity index is 465. The van der Waals surface area contributed by atoms with Crippen molar-refractivity contribution in [1.29, 1.82) is 0 Å². The summed E-state index contributed by atoms with van der Waals surface area (Å²) in [6.45, 7) is 2.86. The van der Waals surface area contributed by atoms with Crippen molar-refractivity contribution in [3.63, 3.8) is 0 Å². The van der Waals surface area contributed by atoms with Crippen molar-refractivity contribution in [3.8, 4) is 0 Å². The molecule has 0 saturated carbocycles. The number of carboxylic acid groups (broad SMARTS) is 1. The summed E-state index contributed by atoms with van der Waals surface area (Å²) in [5, 5.41) is 11.2. The van der Waals surface area contributed by atoms with E-state index in [1.165, 1.54) is 6.07 Å². The molecule has 0 amide bonds. The third-order valence-corrected chi connectivity index (χ3v) is 3.59. The summed E-state index contributed by atoms with van der Waals surface area (Å²) in [5.41, 5.74) is -0.217. The topological polar surface area (TPSA) is 86.5 Å². The standard InChI is InChI=1S/C12H18N2O4/c1-2-9-5-8(10-6-11(15)13-18-10)3-4-14(9)7-12(16)17/h6,8-9H,2-5,7H2,1H3,(H,13,15)(H,16,17). The van der Waals surface area contributed by atoms with Gasteiger partial charge in [-0.05, 0) is 25.8 Å². The van der Waals surface area contributed by atoms with E-state index in [-0.39, 0.29) is 24.1 Å². The number of hydrogen-bond donors (Lipinski definition) is 2. The number of nitrogens with zero attached hydrogens (tertiary/aromatic N) is 1. The summed E-state index contributed by atoms with van der Waals surface area (Å²) >= 11 is 0. The zero-order chi connectivity index (χ0) is 13.1. The zero-order valence-corrected chi connectivity index (χ0v) is 10.4. The van der Waals surface area contributed by atoms with E-state index in [1.807, 2.05) is 4.90 Å². The van der Waals surface area contributed by atoms with Crippen LogP contribution in [-0.2, 0) is 4.79 Å². The van der Waals surface area contributed by atoms with Gasteiger partial charge < -0.3 is 9.63 Å². The Balaban J connectivity index is 2.04. The number of carboxylic acids is 1. The maximum absolute atomic E-state index is 11.1. The molecule has 0 radical (unpaired) electrons. The molecule has 1 fully saturated rings. The van der Waals surface area contributed by atoms with E-state index in [0.717, 1.165) is 25.8 Å². The Hall–Kier alpha value is -1.56. The predicted octanol–water partition coefficient (Wildman–Crippen LogP) is 1.01. The summed E-state index contributed by atoms with van der Waals surface area (Å²) in [6, 6.07) is 1.73. The summed E-state index contributed by atoms with van der Waals surface area (Å²) < 4.78 is 5.14. The van der Waals surface area contributed by atoms with Crippen molar-refractivity contribution >= 4 is 5.97 Å². The minimum Gasteiger partial charge on any atom is -0.480 e. The van der Waals surface area contributed by atoms with Crippen LogP contribution in [0.4, 0.5) is 0 Å². The molecule has 100 valence electrons. The molecule has 1 aromatic heterocycles. The van der Waals surface area contributed by atoms with Crippen LogP contribution < -0.4 is 5.56 Å². The number of aromatic nitrogens is 1. The number of likely N-dealkylation sites (tertiary alicyclic amines) is 1. The molecule has 1 aliphatic heterocycles. The molecule has 2 rings (SSSR count). The summed E-state index contributed by atoms with van der Waals surface area (Å²) in [5.74, 6) is 0.104. The molecule has 1 aromatic rings. The second-order valence-corrected chi connectivity index (χ2v) is 4.76. The first-order chi connectivity index (χ1) is 8.60. The van der Waals surface area contributed by atoms with Gasteiger partial charge in [0.2, 0.25) is 0 Å². The number of carbonyl (C=O) groups is 1. The Labute approximate surface area is 105 Å². The van der Waals surface area contributed by atoms with Crippen LogP contribution in [0.2, 0.25) is 0 Å². The molecule has 1 saturated heterocycles. The lowest BCUT2D eigenvalue weighted by Gasteiger charge is -2.37. The van der Waals surface area contributed by atoms with E-state index < -0.39 is 5.97 Å². The Kier molecular flexibility index (Phi) is 3.86. The maximum atomic E-state index is 11.1. The van der Waals surface area contributed by atoms with E-state index in [4.69, 9.17) is 9.63 Å². The largest absolute Gasteiger partial charge is 0.480 e. The zero-order valence-electron chi connectivity index (χ0n) is 10.4. The Morgan fingerprint density at radius 3 is 3.00 bits per heavy atom. The first-order valence-corrected chi connectivity index (χ1v) is 6.24. The van der Waals surface area contributed by atoms with Gasteiger partial charge in [-0.25, -0.2) is 0 Å². The first-order valence-electron chi connectivity index (χ1n) is 6.24. The fourth-order valence-electron chi connectivity index (χ4n) is 2.66. The van der Waals surface area contributed by atoms with Crippen LogP contribution in [-0.4, -0.2) is 40.3 Å². The van der Waals surface area contributed by atoms with Crippen LogP contribution in [0.5, 0.6) is 0 Å². The number of H-pyrrole nitrogens is 1. The van der Waals surface area contributed by atoms with E-state index in [9.17, 15) is 9.59 Å². The van der Waals surface area contributed by atoms with E-state index in [1.54, 1.807) is 0 Å². The average Bonchev–Trinajstić information content (AvgIpc) is 2.75. The van der Waals surface area contributed by atoms with Crippen molar-refractivity contribution in [2.45, 2.75) is 38.1 Å². The van der Waals surface area contributed by atoms with E-state index in [0.29, 0.717) is 5.76 Å². The number of hydrogen-bond acceptors (Lipinski definition) is 4. The molecule has 0 bridgehead atoms. The van der Waals surface area contributed by atoms with Crippen LogP contribution in [0.1, 0.15) is 37.9 Å². The number of piperidine rings is 1. The fourth-order valence-corrected chi connectivity index (χ4v) is 2.66. The van der Waals surface area contributed by atoms with Gasteiger partial charge in [-0.2, -0.15) is 5.16 Å². The van der Waals surface area contributed by atoms with Crippen molar-refractivity contribution in [2.75, 3.05) is 13.1 Å². The van der Waals surface area contributed by atoms with Gasteiger partial charge in [0.1, 0.15) is 5.76 Å². The molecule has 2 atom stereocenters. The molecular formula is C12H18N2O4. The molecule has 2 unspecified atom stereocenters. The van der Waals surface area contributed by atoms with Crippen LogP contribution in [0.15, 0.2) is 15.4 Å². The molecule has 0 spiro atoms. The van der Waals surface area contributed by atoms with E-state index >= 15 is 0 Å². The van der Waals surface area contributed by atoms with Crippen LogP contribution >= 0.6 is 0 Å². The molecule has 18 heavy (non-hydrogen) atoms. The summed E-state index contributed by atoms with van der Waals surface area (Å²) in [7, 11) is 0. The third kappa shape index (κ3) is 2.81. The quantitative estimate of drug-likeness (QED) is 0.837. The summed E-state index contributed by atoms with van der Waals surface area (Å²) in [4.78, 5) is 23.8. The second-order valence-electron chi connectivity index (χ2n) is 4.76. The number of rotatable bonds is 4. The van der Waals surface area contributed by atoms with E-state index in [2.05, 4.69) is 12.1 Å². The highest BCUT2D eigenvalue weighted by Gasteiger charge is 2.30. The van der Waals surface area contributed by atoms with Gasteiger partial charge in [-0.3, -0.25) is 14.5 Å². The lowest BCUT2D eigenvalue weighted by Crippen LogP contribution is -2.44. The van der Waals surface area contributed by atoms with Crippen molar-refractivity contribution in [1.82, 2.24) is 10.1 Å². The van der Waals surface area contributed by atoms with Crippen molar-refractivity contribution in [3.05, 3.63) is 22.2 Å². The van der Waals surface area contributed by atoms with Crippen LogP contribution in [0.25, 0.3) is 0 Å². The van der Waals surface area contributed by atoms with Crippen LogP contribution in [0.3, 0.4) is 0 Å². The molecule has 2 heterocycles. The number of aromatic amines is 1. The van der Waals surface area contributed by atoms with Crippen LogP contribution in [0, 0.1) is 0 Å². The third-order valence-electron chi connectivity index (χ3n) is 3.59. The fraction of sp³-hybridized carbons (Fsp3) is 0.667. The highest BCUT2D eigenvalue weighted by atomic mass is 16.5. The average molecular weight is 254 g/mol. The SMILES string of the molecule is CCC1CC(c2cc(=O)[nH]o2)CCN1CC(=O)O. The lowest BCUT2D eigenvalue weighted by atomic mass is 9.88. The molecule has 0 aromatic carbocycles. The maximum Gasteiger partial charge on any atom is 0.317 e. The van der Waals surface area contributed by atoms with Gasteiger partial charge in [0.25, 0.3) is 5.56 Å².